The molecule has 0 radical (unpaired) electrons. The first kappa shape index (κ1) is 13.9. The van der Waals surface area contributed by atoms with Gasteiger partial charge in [-0.15, -0.1) is 0 Å². The molecule has 5 nitrogen and oxygen atoms in total. The molecule has 0 saturated carbocycles. The topological polar surface area (TPSA) is 61.4 Å². The van der Waals surface area contributed by atoms with Gasteiger partial charge in [0.15, 0.2) is 0 Å². The molecule has 0 unspecified atom stereocenters. The van der Waals surface area contributed by atoms with Crippen LogP contribution in [0, 0.1) is 0 Å². The van der Waals surface area contributed by atoms with Crippen molar-refractivity contribution in [3.8, 4) is 0 Å². The molecule has 2 aromatic rings. The van der Waals surface area contributed by atoms with Gasteiger partial charge in [-0.1, -0.05) is 11.6 Å². The minimum absolute atomic E-state index is 0.146. The van der Waals surface area contributed by atoms with E-state index in [1.807, 2.05) is 5.38 Å². The van der Waals surface area contributed by atoms with Crippen molar-refractivity contribution in [3.05, 3.63) is 45.6 Å². The van der Waals surface area contributed by atoms with Gasteiger partial charge in [-0.3, -0.25) is 9.69 Å². The zero-order valence-electron chi connectivity index (χ0n) is 10.9. The Kier molecular flexibility index (Phi) is 3.81. The molecule has 1 aliphatic rings. The van der Waals surface area contributed by atoms with E-state index in [9.17, 15) is 9.59 Å². The summed E-state index contributed by atoms with van der Waals surface area (Å²) in [5, 5.41) is 9.53. The highest BCUT2D eigenvalue weighted by Gasteiger charge is 2.22. The number of urea groups is 1. The molecular weight excluding hydrogens is 310 g/mol. The van der Waals surface area contributed by atoms with Gasteiger partial charge in [-0.25, -0.2) is 4.79 Å². The lowest BCUT2D eigenvalue weighted by Crippen LogP contribution is -2.27. The number of hydrogen-bond acceptors (Lipinski definition) is 3. The van der Waals surface area contributed by atoms with E-state index >= 15 is 0 Å². The van der Waals surface area contributed by atoms with Crippen LogP contribution in [0.2, 0.25) is 5.02 Å². The Hall–Kier alpha value is -2.05. The Morgan fingerprint density at radius 3 is 2.90 bits per heavy atom. The molecule has 1 aliphatic heterocycles. The average Bonchev–Trinajstić information content (AvgIpc) is 3.12. The Bertz CT molecular complexity index is 688. The SMILES string of the molecule is O=C(Nc1cc(N2CCNC2=O)ccc1Cl)c1ccsc1. The van der Waals surface area contributed by atoms with E-state index < -0.39 is 0 Å². The number of rotatable bonds is 3. The molecule has 1 aromatic heterocycles. The second kappa shape index (κ2) is 5.75. The highest BCUT2D eigenvalue weighted by atomic mass is 35.5. The van der Waals surface area contributed by atoms with Crippen molar-refractivity contribution in [2.75, 3.05) is 23.3 Å². The summed E-state index contributed by atoms with van der Waals surface area (Å²) in [6.45, 7) is 1.20. The van der Waals surface area contributed by atoms with Crippen LogP contribution in [0.25, 0.3) is 0 Å². The molecule has 108 valence electrons. The number of thiophene rings is 1. The number of carbonyl (C=O) groups excluding carboxylic acids is 2. The maximum atomic E-state index is 12.1. The number of hydrogen-bond donors (Lipinski definition) is 2. The normalized spacial score (nSPS) is 14.1. The molecule has 21 heavy (non-hydrogen) atoms. The summed E-state index contributed by atoms with van der Waals surface area (Å²) in [4.78, 5) is 25.4. The monoisotopic (exact) mass is 321 g/mol. The van der Waals surface area contributed by atoms with Crippen molar-refractivity contribution < 1.29 is 9.59 Å². The van der Waals surface area contributed by atoms with E-state index in [0.29, 0.717) is 35.1 Å². The molecule has 0 atom stereocenters. The van der Waals surface area contributed by atoms with Crippen molar-refractivity contribution in [1.29, 1.82) is 0 Å². The molecule has 2 heterocycles. The molecule has 1 fully saturated rings. The fourth-order valence-corrected chi connectivity index (χ4v) is 2.88. The largest absolute Gasteiger partial charge is 0.336 e. The Balaban J connectivity index is 1.84. The summed E-state index contributed by atoms with van der Waals surface area (Å²) in [5.74, 6) is -0.221. The fourth-order valence-electron chi connectivity index (χ4n) is 2.08. The highest BCUT2D eigenvalue weighted by Crippen LogP contribution is 2.29. The first-order valence-electron chi connectivity index (χ1n) is 6.33. The van der Waals surface area contributed by atoms with Gasteiger partial charge in [0.1, 0.15) is 0 Å². The van der Waals surface area contributed by atoms with Gasteiger partial charge in [0.2, 0.25) is 0 Å². The number of benzene rings is 1. The molecule has 0 aliphatic carbocycles. The van der Waals surface area contributed by atoms with Crippen LogP contribution in [0.1, 0.15) is 10.4 Å². The number of amides is 3. The Morgan fingerprint density at radius 1 is 1.38 bits per heavy atom. The Labute approximate surface area is 130 Å². The molecule has 0 bridgehead atoms. The molecule has 3 rings (SSSR count). The van der Waals surface area contributed by atoms with E-state index in [4.69, 9.17) is 11.6 Å². The molecule has 7 heteroatoms. The second-order valence-corrected chi connectivity index (χ2v) is 5.70. The van der Waals surface area contributed by atoms with Crippen LogP contribution < -0.4 is 15.5 Å². The minimum atomic E-state index is -0.221. The third-order valence-corrected chi connectivity index (χ3v) is 4.16. The van der Waals surface area contributed by atoms with Crippen molar-refractivity contribution >= 4 is 46.3 Å². The summed E-state index contributed by atoms with van der Waals surface area (Å²) in [5.41, 5.74) is 1.78. The molecule has 0 spiro atoms. The number of anilines is 2. The maximum absolute atomic E-state index is 12.1. The van der Waals surface area contributed by atoms with Crippen molar-refractivity contribution in [2.45, 2.75) is 0 Å². The van der Waals surface area contributed by atoms with Crippen molar-refractivity contribution in [2.24, 2.45) is 0 Å². The quantitative estimate of drug-likeness (QED) is 0.912. The summed E-state index contributed by atoms with van der Waals surface area (Å²) in [6, 6.07) is 6.73. The zero-order valence-corrected chi connectivity index (χ0v) is 12.5. The van der Waals surface area contributed by atoms with Gasteiger partial charge in [0.05, 0.1) is 16.3 Å². The number of nitrogens with zero attached hydrogens (tertiary/aromatic N) is 1. The smallest absolute Gasteiger partial charge is 0.321 e. The molecule has 1 aromatic carbocycles. The van der Waals surface area contributed by atoms with Crippen molar-refractivity contribution in [3.63, 3.8) is 0 Å². The molecule has 1 saturated heterocycles. The predicted octanol–water partition coefficient (Wildman–Crippen LogP) is 3.18. The first-order chi connectivity index (χ1) is 10.1. The van der Waals surface area contributed by atoms with Crippen LogP contribution in [0.3, 0.4) is 0 Å². The first-order valence-corrected chi connectivity index (χ1v) is 7.66. The highest BCUT2D eigenvalue weighted by molar-refractivity contribution is 7.08. The number of halogens is 1. The molecule has 3 amide bonds. The third-order valence-electron chi connectivity index (χ3n) is 3.15. The van der Waals surface area contributed by atoms with Crippen LogP contribution in [0.4, 0.5) is 16.2 Å². The summed E-state index contributed by atoms with van der Waals surface area (Å²) >= 11 is 7.57. The lowest BCUT2D eigenvalue weighted by molar-refractivity contribution is 0.102. The minimum Gasteiger partial charge on any atom is -0.336 e. The third kappa shape index (κ3) is 2.86. The van der Waals surface area contributed by atoms with E-state index in [0.717, 1.165) is 0 Å². The fraction of sp³-hybridized carbons (Fsp3) is 0.143. The van der Waals surface area contributed by atoms with Gasteiger partial charge in [0, 0.05) is 24.2 Å². The summed E-state index contributed by atoms with van der Waals surface area (Å²) < 4.78 is 0. The summed E-state index contributed by atoms with van der Waals surface area (Å²) in [6.07, 6.45) is 0. The van der Waals surface area contributed by atoms with E-state index in [1.54, 1.807) is 34.5 Å². The number of nitrogens with one attached hydrogen (secondary N) is 2. The van der Waals surface area contributed by atoms with Gasteiger partial charge in [-0.2, -0.15) is 11.3 Å². The second-order valence-electron chi connectivity index (χ2n) is 4.51. The zero-order chi connectivity index (χ0) is 14.8. The van der Waals surface area contributed by atoms with Gasteiger partial charge >= 0.3 is 6.03 Å². The summed E-state index contributed by atoms with van der Waals surface area (Å²) in [7, 11) is 0. The predicted molar refractivity (Wildman–Crippen MR) is 84.5 cm³/mol. The van der Waals surface area contributed by atoms with Crippen LogP contribution in [0.5, 0.6) is 0 Å². The lowest BCUT2D eigenvalue weighted by Gasteiger charge is -2.16. The standard InChI is InChI=1S/C14H12ClN3O2S/c15-11-2-1-10(18-5-4-16-14(18)20)7-12(11)17-13(19)9-3-6-21-8-9/h1-3,6-8H,4-5H2,(H,16,20)(H,17,19). The lowest BCUT2D eigenvalue weighted by atomic mass is 10.2. The van der Waals surface area contributed by atoms with Crippen LogP contribution >= 0.6 is 22.9 Å². The van der Waals surface area contributed by atoms with Crippen LogP contribution in [0.15, 0.2) is 35.0 Å². The average molecular weight is 322 g/mol. The van der Waals surface area contributed by atoms with Gasteiger partial charge < -0.3 is 10.6 Å². The van der Waals surface area contributed by atoms with Crippen LogP contribution in [-0.2, 0) is 0 Å². The van der Waals surface area contributed by atoms with Crippen LogP contribution in [-0.4, -0.2) is 25.0 Å². The maximum Gasteiger partial charge on any atom is 0.321 e. The molecule has 2 N–H and O–H groups in total. The van der Waals surface area contributed by atoms with Crippen molar-refractivity contribution in [1.82, 2.24) is 5.32 Å². The molecular formula is C14H12ClN3O2S. The van der Waals surface area contributed by atoms with E-state index in [1.165, 1.54) is 11.3 Å². The van der Waals surface area contributed by atoms with E-state index in [-0.39, 0.29) is 11.9 Å². The number of carbonyl (C=O) groups is 2. The van der Waals surface area contributed by atoms with Gasteiger partial charge in [0.25, 0.3) is 5.91 Å². The Morgan fingerprint density at radius 2 is 2.24 bits per heavy atom. The van der Waals surface area contributed by atoms with Gasteiger partial charge in [-0.05, 0) is 29.6 Å². The van der Waals surface area contributed by atoms with E-state index in [2.05, 4.69) is 10.6 Å².